The lowest BCUT2D eigenvalue weighted by atomic mass is 10.0. The summed E-state index contributed by atoms with van der Waals surface area (Å²) < 4.78 is 2.15. The van der Waals surface area contributed by atoms with E-state index in [0.29, 0.717) is 5.92 Å². The summed E-state index contributed by atoms with van der Waals surface area (Å²) in [5, 5.41) is 8.69. The van der Waals surface area contributed by atoms with E-state index in [-0.39, 0.29) is 0 Å². The Morgan fingerprint density at radius 3 is 2.43 bits per heavy atom. The van der Waals surface area contributed by atoms with Gasteiger partial charge in [0.2, 0.25) is 0 Å². The van der Waals surface area contributed by atoms with Gasteiger partial charge in [0.15, 0.2) is 0 Å². The first kappa shape index (κ1) is 16.1. The Balaban J connectivity index is 2.35. The molecule has 0 bridgehead atoms. The Bertz CT molecular complexity index is 556. The van der Waals surface area contributed by atoms with E-state index in [9.17, 15) is 0 Å². The molecule has 0 fully saturated rings. The fourth-order valence-electron chi connectivity index (χ4n) is 2.52. The molecule has 0 atom stereocenters. The van der Waals surface area contributed by atoms with Gasteiger partial charge in [0.1, 0.15) is 0 Å². The van der Waals surface area contributed by atoms with Gasteiger partial charge in [-0.05, 0) is 36.7 Å². The molecule has 0 radical (unpaired) electrons. The highest BCUT2D eigenvalue weighted by Gasteiger charge is 2.13. The highest BCUT2D eigenvalue weighted by molar-refractivity contribution is 6.30. The van der Waals surface area contributed by atoms with Crippen molar-refractivity contribution in [2.75, 3.05) is 7.05 Å². The lowest BCUT2D eigenvalue weighted by Crippen LogP contribution is -2.13. The van der Waals surface area contributed by atoms with Crippen LogP contribution in [0.5, 0.6) is 0 Å². The fraction of sp³-hybridized carbons (Fsp3) is 0.471. The average molecular weight is 306 g/mol. The predicted molar refractivity (Wildman–Crippen MR) is 89.5 cm³/mol. The van der Waals surface area contributed by atoms with Gasteiger partial charge in [0, 0.05) is 18.1 Å². The summed E-state index contributed by atoms with van der Waals surface area (Å²) in [5.74, 6) is 0.665. The fourth-order valence-corrected chi connectivity index (χ4v) is 2.65. The van der Waals surface area contributed by atoms with E-state index in [2.05, 4.69) is 42.0 Å². The Morgan fingerprint density at radius 2 is 1.86 bits per heavy atom. The maximum atomic E-state index is 5.99. The molecule has 114 valence electrons. The Kier molecular flexibility index (Phi) is 5.83. The summed E-state index contributed by atoms with van der Waals surface area (Å²) >= 11 is 5.99. The molecule has 1 N–H and O–H groups in total. The molecule has 0 saturated carbocycles. The number of nitrogens with one attached hydrogen (secondary N) is 1. The Morgan fingerprint density at radius 1 is 1.19 bits per heavy atom. The molecule has 1 heterocycles. The molecule has 0 amide bonds. The first-order chi connectivity index (χ1) is 10.2. The number of hydrogen-bond donors (Lipinski definition) is 1. The average Bonchev–Trinajstić information content (AvgIpc) is 2.88. The van der Waals surface area contributed by atoms with Gasteiger partial charge in [-0.1, -0.05) is 50.4 Å². The zero-order valence-corrected chi connectivity index (χ0v) is 13.8. The van der Waals surface area contributed by atoms with E-state index in [1.807, 2.05) is 19.2 Å². The lowest BCUT2D eigenvalue weighted by Gasteiger charge is -2.15. The highest BCUT2D eigenvalue weighted by atomic mass is 35.5. The van der Waals surface area contributed by atoms with Crippen LogP contribution in [0.2, 0.25) is 5.02 Å². The third-order valence-electron chi connectivity index (χ3n) is 3.91. The number of aromatic nitrogens is 2. The van der Waals surface area contributed by atoms with Crippen molar-refractivity contribution < 1.29 is 0 Å². The molecule has 0 unspecified atom stereocenters. The van der Waals surface area contributed by atoms with E-state index in [1.54, 1.807) is 0 Å². The minimum absolute atomic E-state index is 0.665. The maximum Gasteiger partial charge on any atom is 0.0768 e. The quantitative estimate of drug-likeness (QED) is 0.823. The predicted octanol–water partition coefficient (Wildman–Crippen LogP) is 4.36. The monoisotopic (exact) mass is 305 g/mol. The second kappa shape index (κ2) is 7.62. The number of hydrogen-bond acceptors (Lipinski definition) is 2. The van der Waals surface area contributed by atoms with Crippen LogP contribution in [-0.2, 0) is 13.1 Å². The van der Waals surface area contributed by atoms with Crippen LogP contribution in [0, 0.1) is 5.92 Å². The van der Waals surface area contributed by atoms with E-state index in [1.165, 1.54) is 24.1 Å². The number of rotatable bonds is 7. The third kappa shape index (κ3) is 4.08. The van der Waals surface area contributed by atoms with Crippen LogP contribution >= 0.6 is 11.6 Å². The van der Waals surface area contributed by atoms with Crippen molar-refractivity contribution in [1.82, 2.24) is 15.1 Å². The van der Waals surface area contributed by atoms with Gasteiger partial charge in [-0.2, -0.15) is 5.10 Å². The molecule has 1 aromatic heterocycles. The molecule has 0 aliphatic heterocycles. The van der Waals surface area contributed by atoms with Gasteiger partial charge in [-0.3, -0.25) is 4.68 Å². The molecule has 2 aromatic rings. The first-order valence-electron chi connectivity index (χ1n) is 7.65. The standard InChI is InChI=1S/C17H24ClN3/c1-4-13(5-2)12-21-17(10-16(20-21)11-19-3)14-6-8-15(18)9-7-14/h6-10,13,19H,4-5,11-12H2,1-3H3. The van der Waals surface area contributed by atoms with E-state index >= 15 is 0 Å². The summed E-state index contributed by atoms with van der Waals surface area (Å²) in [7, 11) is 1.95. The zero-order valence-electron chi connectivity index (χ0n) is 13.1. The maximum absolute atomic E-state index is 5.99. The van der Waals surface area contributed by atoms with Gasteiger partial charge in [-0.25, -0.2) is 0 Å². The van der Waals surface area contributed by atoms with Crippen LogP contribution in [0.25, 0.3) is 11.3 Å². The topological polar surface area (TPSA) is 29.9 Å². The van der Waals surface area contributed by atoms with Crippen molar-refractivity contribution in [1.29, 1.82) is 0 Å². The second-order valence-corrected chi connectivity index (χ2v) is 5.86. The summed E-state index contributed by atoms with van der Waals surface area (Å²) in [6.07, 6.45) is 2.36. The smallest absolute Gasteiger partial charge is 0.0768 e. The third-order valence-corrected chi connectivity index (χ3v) is 4.17. The zero-order chi connectivity index (χ0) is 15.2. The largest absolute Gasteiger partial charge is 0.314 e. The van der Waals surface area contributed by atoms with Crippen LogP contribution < -0.4 is 5.32 Å². The number of halogens is 1. The van der Waals surface area contributed by atoms with E-state index in [0.717, 1.165) is 23.8 Å². The Labute approximate surface area is 132 Å². The Hall–Kier alpha value is -1.32. The molecule has 2 rings (SSSR count). The molecule has 0 aliphatic rings. The van der Waals surface area contributed by atoms with Gasteiger partial charge in [0.25, 0.3) is 0 Å². The van der Waals surface area contributed by atoms with Crippen molar-refractivity contribution in [2.45, 2.75) is 39.8 Å². The van der Waals surface area contributed by atoms with E-state index < -0.39 is 0 Å². The molecular formula is C17H24ClN3. The molecular weight excluding hydrogens is 282 g/mol. The second-order valence-electron chi connectivity index (χ2n) is 5.42. The summed E-state index contributed by atoms with van der Waals surface area (Å²) in [6, 6.07) is 10.2. The van der Waals surface area contributed by atoms with Crippen molar-refractivity contribution in [2.24, 2.45) is 5.92 Å². The van der Waals surface area contributed by atoms with Crippen LogP contribution in [0.1, 0.15) is 32.4 Å². The molecule has 0 saturated heterocycles. The first-order valence-corrected chi connectivity index (χ1v) is 8.03. The van der Waals surface area contributed by atoms with Gasteiger partial charge in [0.05, 0.1) is 11.4 Å². The number of nitrogens with zero attached hydrogens (tertiary/aromatic N) is 2. The summed E-state index contributed by atoms with van der Waals surface area (Å²) in [4.78, 5) is 0. The van der Waals surface area contributed by atoms with E-state index in [4.69, 9.17) is 16.7 Å². The SMILES string of the molecule is CCC(CC)Cn1nc(CNC)cc1-c1ccc(Cl)cc1. The van der Waals surface area contributed by atoms with Crippen LogP contribution in [0.4, 0.5) is 0 Å². The summed E-state index contributed by atoms with van der Waals surface area (Å²) in [5.41, 5.74) is 3.41. The van der Waals surface area contributed by atoms with Crippen LogP contribution in [0.15, 0.2) is 30.3 Å². The van der Waals surface area contributed by atoms with Gasteiger partial charge >= 0.3 is 0 Å². The summed E-state index contributed by atoms with van der Waals surface area (Å²) in [6.45, 7) is 6.24. The van der Waals surface area contributed by atoms with Crippen LogP contribution in [0.3, 0.4) is 0 Å². The molecule has 21 heavy (non-hydrogen) atoms. The molecule has 1 aromatic carbocycles. The van der Waals surface area contributed by atoms with Crippen molar-refractivity contribution >= 4 is 11.6 Å². The normalized spacial score (nSPS) is 11.3. The lowest BCUT2D eigenvalue weighted by molar-refractivity contribution is 0.396. The number of benzene rings is 1. The molecule has 0 spiro atoms. The highest BCUT2D eigenvalue weighted by Crippen LogP contribution is 2.24. The van der Waals surface area contributed by atoms with Gasteiger partial charge < -0.3 is 5.32 Å². The van der Waals surface area contributed by atoms with Crippen molar-refractivity contribution in [3.63, 3.8) is 0 Å². The minimum Gasteiger partial charge on any atom is -0.314 e. The molecule has 3 nitrogen and oxygen atoms in total. The minimum atomic E-state index is 0.665. The molecule has 4 heteroatoms. The van der Waals surface area contributed by atoms with Crippen molar-refractivity contribution in [3.05, 3.63) is 41.0 Å². The van der Waals surface area contributed by atoms with Crippen LogP contribution in [-0.4, -0.2) is 16.8 Å². The van der Waals surface area contributed by atoms with Gasteiger partial charge in [-0.15, -0.1) is 0 Å². The molecule has 0 aliphatic carbocycles. The van der Waals surface area contributed by atoms with Crippen molar-refractivity contribution in [3.8, 4) is 11.3 Å².